The second-order valence-corrected chi connectivity index (χ2v) is 10.4. The predicted molar refractivity (Wildman–Crippen MR) is 123 cm³/mol. The van der Waals surface area contributed by atoms with Gasteiger partial charge in [0.05, 0.1) is 11.5 Å². The number of ether oxygens (including phenoxy) is 1. The Morgan fingerprint density at radius 1 is 0.969 bits per heavy atom. The molecule has 0 aliphatic rings. The lowest BCUT2D eigenvalue weighted by atomic mass is 9.87. The fraction of sp³-hybridized carbons (Fsp3) is 0.440. The highest BCUT2D eigenvalue weighted by Gasteiger charge is 2.44. The number of esters is 1. The van der Waals surface area contributed by atoms with E-state index in [2.05, 4.69) is 13.8 Å². The van der Waals surface area contributed by atoms with Crippen molar-refractivity contribution in [2.45, 2.75) is 64.4 Å². The van der Waals surface area contributed by atoms with Crippen molar-refractivity contribution in [1.82, 2.24) is 0 Å². The molecule has 2 unspecified atom stereocenters. The van der Waals surface area contributed by atoms with Gasteiger partial charge in [-0.1, -0.05) is 56.3 Å². The Morgan fingerprint density at radius 3 is 2.03 bits per heavy atom. The zero-order valence-electron chi connectivity index (χ0n) is 19.5. The van der Waals surface area contributed by atoms with E-state index in [-0.39, 0.29) is 4.90 Å². The smallest absolute Gasteiger partial charge is 0.322 e. The van der Waals surface area contributed by atoms with Gasteiger partial charge in [0.25, 0.3) is 10.1 Å². The Hall–Kier alpha value is -2.51. The third kappa shape index (κ3) is 5.84. The molecule has 174 valence electrons. The van der Waals surface area contributed by atoms with E-state index in [1.807, 2.05) is 30.3 Å². The molecule has 6 nitrogen and oxygen atoms in total. The molecule has 2 aromatic carbocycles. The first-order valence-electron chi connectivity index (χ1n) is 10.6. The van der Waals surface area contributed by atoms with E-state index in [9.17, 15) is 18.0 Å². The highest BCUT2D eigenvalue weighted by atomic mass is 32.2. The summed E-state index contributed by atoms with van der Waals surface area (Å²) in [5, 5.41) is 0. The van der Waals surface area contributed by atoms with Crippen molar-refractivity contribution in [3.05, 3.63) is 65.7 Å². The topological polar surface area (TPSA) is 86.7 Å². The third-order valence-corrected chi connectivity index (χ3v) is 7.18. The number of carbonyl (C=O) groups is 2. The molecule has 2 atom stereocenters. The predicted octanol–water partition coefficient (Wildman–Crippen LogP) is 4.98. The molecule has 0 saturated carbocycles. The van der Waals surface area contributed by atoms with Crippen LogP contribution in [0.4, 0.5) is 0 Å². The normalized spacial score (nSPS) is 14.9. The van der Waals surface area contributed by atoms with E-state index in [0.717, 1.165) is 17.5 Å². The molecule has 0 bridgehead atoms. The van der Waals surface area contributed by atoms with Crippen molar-refractivity contribution in [3.8, 4) is 0 Å². The Labute approximate surface area is 191 Å². The maximum absolute atomic E-state index is 13.0. The third-order valence-electron chi connectivity index (χ3n) is 5.90. The molecule has 0 aliphatic heterocycles. The molecule has 0 N–H and O–H groups in total. The van der Waals surface area contributed by atoms with Gasteiger partial charge in [0.1, 0.15) is 16.8 Å². The van der Waals surface area contributed by atoms with Crippen LogP contribution in [0.15, 0.2) is 59.5 Å². The van der Waals surface area contributed by atoms with Crippen LogP contribution in [0.25, 0.3) is 0 Å². The number of ketones is 1. The van der Waals surface area contributed by atoms with Gasteiger partial charge in [0, 0.05) is 0 Å². The fourth-order valence-corrected chi connectivity index (χ4v) is 4.01. The van der Waals surface area contributed by atoms with Gasteiger partial charge < -0.3 is 4.74 Å². The first kappa shape index (κ1) is 25.7. The van der Waals surface area contributed by atoms with Crippen molar-refractivity contribution in [2.24, 2.45) is 5.41 Å². The Bertz CT molecular complexity index is 1040. The van der Waals surface area contributed by atoms with E-state index in [0.29, 0.717) is 5.92 Å². The van der Waals surface area contributed by atoms with Crippen LogP contribution >= 0.6 is 0 Å². The quantitative estimate of drug-likeness (QED) is 0.282. The summed E-state index contributed by atoms with van der Waals surface area (Å²) >= 11 is 0. The van der Waals surface area contributed by atoms with Crippen LogP contribution in [0.3, 0.4) is 0 Å². The van der Waals surface area contributed by atoms with Crippen molar-refractivity contribution in [2.75, 3.05) is 6.61 Å². The molecular formula is C25H32O6S. The van der Waals surface area contributed by atoms with Gasteiger partial charge in [0.15, 0.2) is 0 Å². The molecule has 0 saturated heterocycles. The minimum Gasteiger partial charge on any atom is -0.454 e. The van der Waals surface area contributed by atoms with Crippen LogP contribution in [0.1, 0.15) is 65.0 Å². The van der Waals surface area contributed by atoms with Crippen LogP contribution in [0, 0.1) is 5.41 Å². The second-order valence-electron chi connectivity index (χ2n) is 8.75. The largest absolute Gasteiger partial charge is 0.454 e. The monoisotopic (exact) mass is 460 g/mol. The number of carbonyl (C=O) groups excluding carboxylic acids is 2. The fourth-order valence-electron chi connectivity index (χ4n) is 3.01. The van der Waals surface area contributed by atoms with Crippen LogP contribution < -0.4 is 0 Å². The summed E-state index contributed by atoms with van der Waals surface area (Å²) in [4.78, 5) is 25.3. The summed E-state index contributed by atoms with van der Waals surface area (Å²) in [6, 6.07) is 15.5. The average Bonchev–Trinajstić information content (AvgIpc) is 2.77. The summed E-state index contributed by atoms with van der Waals surface area (Å²) < 4.78 is 36.2. The van der Waals surface area contributed by atoms with Gasteiger partial charge in [-0.15, -0.1) is 0 Å². The number of hydrogen-bond donors (Lipinski definition) is 0. The van der Waals surface area contributed by atoms with Crippen molar-refractivity contribution >= 4 is 21.9 Å². The number of benzene rings is 2. The molecule has 0 amide bonds. The average molecular weight is 461 g/mol. The van der Waals surface area contributed by atoms with Crippen LogP contribution in [-0.2, 0) is 34.2 Å². The molecule has 0 spiro atoms. The molecule has 0 fully saturated rings. The molecule has 0 radical (unpaired) electrons. The molecular weight excluding hydrogens is 428 g/mol. The molecule has 7 heteroatoms. The van der Waals surface area contributed by atoms with Crippen LogP contribution in [0.5, 0.6) is 0 Å². The lowest BCUT2D eigenvalue weighted by Crippen LogP contribution is -2.44. The van der Waals surface area contributed by atoms with Gasteiger partial charge in [-0.05, 0) is 63.3 Å². The SMILES string of the molecule is CCC(C)c1ccc(S(=O)(=O)OCC(C)(C(C)=O)C(=O)OC(C)(C)c2ccccc2)cc1. The molecule has 32 heavy (non-hydrogen) atoms. The van der Waals surface area contributed by atoms with Gasteiger partial charge in [-0.3, -0.25) is 13.8 Å². The van der Waals surface area contributed by atoms with Crippen molar-refractivity contribution in [3.63, 3.8) is 0 Å². The highest BCUT2D eigenvalue weighted by molar-refractivity contribution is 7.86. The second kappa shape index (κ2) is 9.96. The lowest BCUT2D eigenvalue weighted by molar-refractivity contribution is -0.173. The zero-order valence-corrected chi connectivity index (χ0v) is 20.4. The van der Waals surface area contributed by atoms with Gasteiger partial charge in [-0.25, -0.2) is 0 Å². The summed E-state index contributed by atoms with van der Waals surface area (Å²) in [6.45, 7) is 9.42. The van der Waals surface area contributed by atoms with Crippen molar-refractivity contribution < 1.29 is 26.9 Å². The van der Waals surface area contributed by atoms with E-state index in [1.54, 1.807) is 26.0 Å². The van der Waals surface area contributed by atoms with E-state index < -0.39 is 39.5 Å². The summed E-state index contributed by atoms with van der Waals surface area (Å²) in [5.74, 6) is -1.09. The van der Waals surface area contributed by atoms with Crippen molar-refractivity contribution in [1.29, 1.82) is 0 Å². The van der Waals surface area contributed by atoms with Gasteiger partial charge in [0.2, 0.25) is 0 Å². The van der Waals surface area contributed by atoms with Crippen LogP contribution in [-0.4, -0.2) is 26.8 Å². The Morgan fingerprint density at radius 2 is 1.53 bits per heavy atom. The molecule has 0 aliphatic carbocycles. The summed E-state index contributed by atoms with van der Waals surface area (Å²) in [7, 11) is -4.17. The minimum atomic E-state index is -4.17. The van der Waals surface area contributed by atoms with E-state index >= 15 is 0 Å². The number of rotatable bonds is 10. The summed E-state index contributed by atoms with van der Waals surface area (Å²) in [6.07, 6.45) is 0.932. The molecule has 0 aromatic heterocycles. The molecule has 2 rings (SSSR count). The zero-order chi connectivity index (χ0) is 24.2. The van der Waals surface area contributed by atoms with E-state index in [1.165, 1.54) is 26.0 Å². The number of hydrogen-bond acceptors (Lipinski definition) is 6. The minimum absolute atomic E-state index is 0.0339. The molecule has 2 aromatic rings. The Balaban J connectivity index is 2.19. The van der Waals surface area contributed by atoms with E-state index in [4.69, 9.17) is 8.92 Å². The Kier molecular flexibility index (Phi) is 8.02. The molecule has 0 heterocycles. The highest BCUT2D eigenvalue weighted by Crippen LogP contribution is 2.31. The number of Topliss-reactive ketones (excluding diaryl/α,β-unsaturated/α-hetero) is 1. The maximum atomic E-state index is 13.0. The summed E-state index contributed by atoms with van der Waals surface area (Å²) in [5.41, 5.74) is -1.03. The van der Waals surface area contributed by atoms with Crippen LogP contribution in [0.2, 0.25) is 0 Å². The van der Waals surface area contributed by atoms with Gasteiger partial charge in [-0.2, -0.15) is 8.42 Å². The lowest BCUT2D eigenvalue weighted by Gasteiger charge is -2.31. The first-order chi connectivity index (χ1) is 14.8. The maximum Gasteiger partial charge on any atom is 0.322 e. The van der Waals surface area contributed by atoms with Gasteiger partial charge >= 0.3 is 5.97 Å². The standard InChI is InChI=1S/C25H32O6S/c1-7-18(2)20-13-15-22(16-14-20)32(28,29)30-17-25(6,19(3)26)23(27)31-24(4,5)21-11-9-8-10-12-21/h8-16,18H,7,17H2,1-6H3. The first-order valence-corrected chi connectivity index (χ1v) is 12.0.